The maximum atomic E-state index is 12.4. The molecule has 0 aliphatic heterocycles. The third kappa shape index (κ3) is 4.52. The molecule has 0 bridgehead atoms. The van der Waals surface area contributed by atoms with Gasteiger partial charge in [0.1, 0.15) is 0 Å². The summed E-state index contributed by atoms with van der Waals surface area (Å²) in [5.41, 5.74) is 8.40. The number of nitrogen functional groups attached to an aromatic ring is 1. The predicted molar refractivity (Wildman–Crippen MR) is 108 cm³/mol. The highest BCUT2D eigenvalue weighted by Crippen LogP contribution is 2.20. The highest BCUT2D eigenvalue weighted by molar-refractivity contribution is 6.06. The molecule has 7 heteroatoms. The number of pyridine rings is 1. The van der Waals surface area contributed by atoms with Gasteiger partial charge in [-0.25, -0.2) is 0 Å². The minimum Gasteiger partial charge on any atom is -0.397 e. The summed E-state index contributed by atoms with van der Waals surface area (Å²) in [6.07, 6.45) is 3.14. The Balaban J connectivity index is 1.66. The number of nitrogens with two attached hydrogens (primary N) is 1. The van der Waals surface area contributed by atoms with Crippen LogP contribution in [0.2, 0.25) is 0 Å². The summed E-state index contributed by atoms with van der Waals surface area (Å²) < 4.78 is 0. The van der Waals surface area contributed by atoms with Crippen molar-refractivity contribution in [1.29, 1.82) is 0 Å². The first-order valence-corrected chi connectivity index (χ1v) is 8.66. The molecule has 7 nitrogen and oxygen atoms in total. The van der Waals surface area contributed by atoms with Gasteiger partial charge in [-0.15, -0.1) is 0 Å². The van der Waals surface area contributed by atoms with Crippen LogP contribution >= 0.6 is 0 Å². The number of aliphatic hydroxyl groups is 1. The summed E-state index contributed by atoms with van der Waals surface area (Å²) in [6.45, 7) is -0.337. The molecule has 0 fully saturated rings. The molecule has 3 aromatic rings. The second kappa shape index (κ2) is 8.79. The van der Waals surface area contributed by atoms with Crippen LogP contribution in [0.3, 0.4) is 0 Å². The van der Waals surface area contributed by atoms with Crippen LogP contribution < -0.4 is 16.4 Å². The molecule has 3 rings (SSSR count). The lowest BCUT2D eigenvalue weighted by molar-refractivity contribution is -0.118. The van der Waals surface area contributed by atoms with Gasteiger partial charge in [-0.05, 0) is 48.0 Å². The van der Waals surface area contributed by atoms with Gasteiger partial charge in [0.2, 0.25) is 5.91 Å². The molecular formula is C21H20N4O3. The van der Waals surface area contributed by atoms with Gasteiger partial charge in [0, 0.05) is 23.6 Å². The molecule has 2 amide bonds. The second-order valence-electron chi connectivity index (χ2n) is 6.13. The summed E-state index contributed by atoms with van der Waals surface area (Å²) in [5.74, 6) is -1.39. The first kappa shape index (κ1) is 19.1. The number of nitrogens with zero attached hydrogens (tertiary/aromatic N) is 1. The number of amides is 2. The Morgan fingerprint density at radius 1 is 1.00 bits per heavy atom. The van der Waals surface area contributed by atoms with Crippen LogP contribution in [0.15, 0.2) is 73.1 Å². The monoisotopic (exact) mass is 376 g/mol. The number of carbonyl (C=O) groups is 2. The topological polar surface area (TPSA) is 117 Å². The molecule has 5 N–H and O–H groups in total. The van der Waals surface area contributed by atoms with Crippen LogP contribution in [-0.4, -0.2) is 28.5 Å². The highest BCUT2D eigenvalue weighted by Gasteiger charge is 2.20. The summed E-state index contributed by atoms with van der Waals surface area (Å²) >= 11 is 0. The van der Waals surface area contributed by atoms with Gasteiger partial charge < -0.3 is 21.5 Å². The first-order chi connectivity index (χ1) is 13.6. The van der Waals surface area contributed by atoms with Crippen LogP contribution in [0.4, 0.5) is 17.1 Å². The highest BCUT2D eigenvalue weighted by atomic mass is 16.3. The van der Waals surface area contributed by atoms with Gasteiger partial charge in [-0.3, -0.25) is 14.6 Å². The van der Waals surface area contributed by atoms with Crippen molar-refractivity contribution < 1.29 is 14.7 Å². The molecule has 1 atom stereocenters. The zero-order valence-electron chi connectivity index (χ0n) is 15.0. The average Bonchev–Trinajstić information content (AvgIpc) is 2.71. The van der Waals surface area contributed by atoms with Gasteiger partial charge in [-0.1, -0.05) is 18.2 Å². The smallest absolute Gasteiger partial charge is 0.255 e. The SMILES string of the molecule is Nc1ccccc1NC(=O)c1ccc(NC(=O)C(CO)c2cccnc2)cc1. The number of nitrogens with one attached hydrogen (secondary N) is 2. The van der Waals surface area contributed by atoms with Crippen molar-refractivity contribution in [2.24, 2.45) is 0 Å². The summed E-state index contributed by atoms with van der Waals surface area (Å²) in [7, 11) is 0. The molecule has 0 spiro atoms. The van der Waals surface area contributed by atoms with E-state index in [0.29, 0.717) is 28.2 Å². The number of para-hydroxylation sites is 2. The van der Waals surface area contributed by atoms with Crippen LogP contribution in [-0.2, 0) is 4.79 Å². The normalized spacial score (nSPS) is 11.5. The number of benzene rings is 2. The Bertz CT molecular complexity index is 959. The number of anilines is 3. The van der Waals surface area contributed by atoms with Gasteiger partial charge in [-0.2, -0.15) is 0 Å². The quantitative estimate of drug-likeness (QED) is 0.493. The Labute approximate surface area is 162 Å². The minimum atomic E-state index is -0.724. The molecule has 1 aromatic heterocycles. The van der Waals surface area contributed by atoms with Crippen molar-refractivity contribution in [1.82, 2.24) is 4.98 Å². The van der Waals surface area contributed by atoms with E-state index in [1.54, 1.807) is 73.1 Å². The Morgan fingerprint density at radius 2 is 1.75 bits per heavy atom. The van der Waals surface area contributed by atoms with E-state index in [4.69, 9.17) is 5.73 Å². The molecule has 2 aromatic carbocycles. The number of hydrogen-bond donors (Lipinski definition) is 4. The van der Waals surface area contributed by atoms with E-state index in [1.807, 2.05) is 0 Å². The molecule has 0 radical (unpaired) electrons. The predicted octanol–water partition coefficient (Wildman–Crippen LogP) is 2.63. The van der Waals surface area contributed by atoms with Crippen molar-refractivity contribution in [3.05, 3.63) is 84.2 Å². The molecule has 0 saturated carbocycles. The van der Waals surface area contributed by atoms with Crippen molar-refractivity contribution in [2.75, 3.05) is 23.0 Å². The number of aliphatic hydroxyl groups excluding tert-OH is 1. The van der Waals surface area contributed by atoms with E-state index in [-0.39, 0.29) is 18.4 Å². The fraction of sp³-hybridized carbons (Fsp3) is 0.0952. The van der Waals surface area contributed by atoms with Crippen molar-refractivity contribution >= 4 is 28.9 Å². The third-order valence-electron chi connectivity index (χ3n) is 4.21. The first-order valence-electron chi connectivity index (χ1n) is 8.66. The Morgan fingerprint density at radius 3 is 2.39 bits per heavy atom. The largest absolute Gasteiger partial charge is 0.397 e. The minimum absolute atomic E-state index is 0.306. The van der Waals surface area contributed by atoms with Crippen molar-refractivity contribution in [3.63, 3.8) is 0 Å². The van der Waals surface area contributed by atoms with E-state index in [1.165, 1.54) is 0 Å². The fourth-order valence-corrected chi connectivity index (χ4v) is 2.66. The number of rotatable bonds is 6. The van der Waals surface area contributed by atoms with Gasteiger partial charge in [0.25, 0.3) is 5.91 Å². The van der Waals surface area contributed by atoms with Gasteiger partial charge in [0.15, 0.2) is 0 Å². The average molecular weight is 376 g/mol. The number of hydrogen-bond acceptors (Lipinski definition) is 5. The molecule has 1 unspecified atom stereocenters. The van der Waals surface area contributed by atoms with Crippen molar-refractivity contribution in [2.45, 2.75) is 5.92 Å². The van der Waals surface area contributed by atoms with Gasteiger partial charge in [0.05, 0.1) is 23.9 Å². The molecule has 0 aliphatic carbocycles. The summed E-state index contributed by atoms with van der Waals surface area (Å²) in [6, 6.07) is 16.9. The lowest BCUT2D eigenvalue weighted by Crippen LogP contribution is -2.24. The lowest BCUT2D eigenvalue weighted by atomic mass is 10.0. The van der Waals surface area contributed by atoms with Crippen LogP contribution in [0.5, 0.6) is 0 Å². The Kier molecular flexibility index (Phi) is 5.98. The Hall–Kier alpha value is -3.71. The second-order valence-corrected chi connectivity index (χ2v) is 6.13. The maximum Gasteiger partial charge on any atom is 0.255 e. The van der Waals surface area contributed by atoms with E-state index < -0.39 is 5.92 Å². The summed E-state index contributed by atoms with van der Waals surface area (Å²) in [5, 5.41) is 15.0. The number of aromatic nitrogens is 1. The number of carbonyl (C=O) groups excluding carboxylic acids is 2. The van der Waals surface area contributed by atoms with Crippen LogP contribution in [0, 0.1) is 0 Å². The standard InChI is InChI=1S/C21H20N4O3/c22-18-5-1-2-6-19(18)25-20(27)14-7-9-16(10-8-14)24-21(28)17(13-26)15-4-3-11-23-12-15/h1-12,17,26H,13,22H2,(H,24,28)(H,25,27). The van der Waals surface area contributed by atoms with Crippen LogP contribution in [0.25, 0.3) is 0 Å². The van der Waals surface area contributed by atoms with E-state index in [0.717, 1.165) is 0 Å². The van der Waals surface area contributed by atoms with E-state index in [9.17, 15) is 14.7 Å². The maximum absolute atomic E-state index is 12.4. The summed E-state index contributed by atoms with van der Waals surface area (Å²) in [4.78, 5) is 28.8. The van der Waals surface area contributed by atoms with E-state index >= 15 is 0 Å². The third-order valence-corrected chi connectivity index (χ3v) is 4.21. The zero-order valence-corrected chi connectivity index (χ0v) is 15.0. The molecule has 0 aliphatic rings. The van der Waals surface area contributed by atoms with Crippen LogP contribution in [0.1, 0.15) is 21.8 Å². The molecule has 1 heterocycles. The lowest BCUT2D eigenvalue weighted by Gasteiger charge is -2.14. The molecule has 28 heavy (non-hydrogen) atoms. The molecular weight excluding hydrogens is 356 g/mol. The van der Waals surface area contributed by atoms with E-state index in [2.05, 4.69) is 15.6 Å². The molecule has 142 valence electrons. The zero-order chi connectivity index (χ0) is 19.9. The van der Waals surface area contributed by atoms with Crippen molar-refractivity contribution in [3.8, 4) is 0 Å². The van der Waals surface area contributed by atoms with Gasteiger partial charge >= 0.3 is 0 Å². The fourth-order valence-electron chi connectivity index (χ4n) is 2.66. The molecule has 0 saturated heterocycles.